The molecule has 2 N–H and O–H groups in total. The number of aliphatic imine (C=N–C) groups is 1. The van der Waals surface area contributed by atoms with E-state index in [-0.39, 0.29) is 0 Å². The summed E-state index contributed by atoms with van der Waals surface area (Å²) in [5.74, 6) is 2.61. The highest BCUT2D eigenvalue weighted by Crippen LogP contribution is 2.12. The van der Waals surface area contributed by atoms with Crippen LogP contribution in [0.4, 0.5) is 0 Å². The molecule has 0 bridgehead atoms. The molecule has 1 heterocycles. The number of rotatable bonds is 8. The lowest BCUT2D eigenvalue weighted by molar-refractivity contribution is 0.306. The van der Waals surface area contributed by atoms with Crippen molar-refractivity contribution in [2.45, 2.75) is 19.6 Å². The van der Waals surface area contributed by atoms with Gasteiger partial charge in [0.05, 0.1) is 6.26 Å². The summed E-state index contributed by atoms with van der Waals surface area (Å²) in [6.07, 6.45) is 2.51. The Labute approximate surface area is 160 Å². The Morgan fingerprint density at radius 3 is 2.59 bits per heavy atom. The van der Waals surface area contributed by atoms with Gasteiger partial charge in [-0.15, -0.1) is 0 Å². The van der Waals surface area contributed by atoms with Gasteiger partial charge >= 0.3 is 0 Å². The predicted molar refractivity (Wildman–Crippen MR) is 108 cm³/mol. The third-order valence-electron chi connectivity index (χ3n) is 4.07. The van der Waals surface area contributed by atoms with E-state index in [0.717, 1.165) is 36.0 Å². The summed E-state index contributed by atoms with van der Waals surface area (Å²) >= 11 is 0. The van der Waals surface area contributed by atoms with Gasteiger partial charge in [0.2, 0.25) is 0 Å². The SMILES string of the molecule is CN=C(NCCc1ccco1)NCc1cccc(COc2ccccc2)c1. The van der Waals surface area contributed by atoms with Crippen molar-refractivity contribution in [3.05, 3.63) is 89.9 Å². The maximum atomic E-state index is 5.82. The fraction of sp³-hybridized carbons (Fsp3) is 0.227. The minimum Gasteiger partial charge on any atom is -0.489 e. The molecular formula is C22H25N3O2. The number of guanidine groups is 1. The molecule has 0 aliphatic rings. The van der Waals surface area contributed by atoms with E-state index in [1.807, 2.05) is 48.5 Å². The molecule has 2 aromatic carbocycles. The fourth-order valence-electron chi connectivity index (χ4n) is 2.68. The second kappa shape index (κ2) is 10.1. The molecule has 0 atom stereocenters. The molecule has 0 aliphatic heterocycles. The maximum absolute atomic E-state index is 5.82. The van der Waals surface area contributed by atoms with Crippen LogP contribution in [0.5, 0.6) is 5.75 Å². The molecule has 5 heteroatoms. The van der Waals surface area contributed by atoms with Gasteiger partial charge in [0.25, 0.3) is 0 Å². The first-order valence-electron chi connectivity index (χ1n) is 9.06. The van der Waals surface area contributed by atoms with E-state index >= 15 is 0 Å². The molecule has 0 amide bonds. The first-order chi connectivity index (χ1) is 13.3. The Morgan fingerprint density at radius 2 is 1.81 bits per heavy atom. The zero-order chi connectivity index (χ0) is 18.7. The molecule has 5 nitrogen and oxygen atoms in total. The number of furan rings is 1. The van der Waals surface area contributed by atoms with E-state index in [9.17, 15) is 0 Å². The highest BCUT2D eigenvalue weighted by molar-refractivity contribution is 5.79. The monoisotopic (exact) mass is 363 g/mol. The van der Waals surface area contributed by atoms with E-state index in [4.69, 9.17) is 9.15 Å². The van der Waals surface area contributed by atoms with E-state index in [1.165, 1.54) is 5.56 Å². The van der Waals surface area contributed by atoms with Crippen LogP contribution >= 0.6 is 0 Å². The van der Waals surface area contributed by atoms with Crippen LogP contribution in [0.1, 0.15) is 16.9 Å². The van der Waals surface area contributed by atoms with Gasteiger partial charge in [-0.2, -0.15) is 0 Å². The number of nitrogens with one attached hydrogen (secondary N) is 2. The average molecular weight is 363 g/mol. The smallest absolute Gasteiger partial charge is 0.191 e. The third-order valence-corrected chi connectivity index (χ3v) is 4.07. The van der Waals surface area contributed by atoms with Crippen LogP contribution < -0.4 is 15.4 Å². The van der Waals surface area contributed by atoms with Gasteiger partial charge in [0, 0.05) is 26.6 Å². The zero-order valence-corrected chi connectivity index (χ0v) is 15.5. The lowest BCUT2D eigenvalue weighted by atomic mass is 10.1. The molecule has 27 heavy (non-hydrogen) atoms. The Morgan fingerprint density at radius 1 is 0.963 bits per heavy atom. The van der Waals surface area contributed by atoms with E-state index in [1.54, 1.807) is 13.3 Å². The molecule has 1 aromatic heterocycles. The van der Waals surface area contributed by atoms with Crippen molar-refractivity contribution in [2.24, 2.45) is 4.99 Å². The number of hydrogen-bond acceptors (Lipinski definition) is 3. The molecule has 0 saturated heterocycles. The first-order valence-corrected chi connectivity index (χ1v) is 9.06. The topological polar surface area (TPSA) is 58.8 Å². The van der Waals surface area contributed by atoms with Crippen molar-refractivity contribution in [2.75, 3.05) is 13.6 Å². The molecule has 0 fully saturated rings. The molecular weight excluding hydrogens is 338 g/mol. The first kappa shape index (κ1) is 18.6. The second-order valence-electron chi connectivity index (χ2n) is 6.10. The molecule has 3 rings (SSSR count). The Kier molecular flexibility index (Phi) is 6.92. The van der Waals surface area contributed by atoms with Gasteiger partial charge < -0.3 is 19.8 Å². The van der Waals surface area contributed by atoms with E-state index in [0.29, 0.717) is 13.2 Å². The molecule has 0 radical (unpaired) electrons. The third kappa shape index (κ3) is 6.22. The summed E-state index contributed by atoms with van der Waals surface area (Å²) in [5, 5.41) is 6.63. The normalized spacial score (nSPS) is 11.2. The van der Waals surface area contributed by atoms with Gasteiger partial charge in [-0.05, 0) is 35.4 Å². The lowest BCUT2D eigenvalue weighted by Gasteiger charge is -2.12. The van der Waals surface area contributed by atoms with Crippen molar-refractivity contribution in [1.29, 1.82) is 0 Å². The summed E-state index contributed by atoms with van der Waals surface area (Å²) in [4.78, 5) is 4.26. The average Bonchev–Trinajstić information content (AvgIpc) is 3.23. The predicted octanol–water partition coefficient (Wildman–Crippen LogP) is 3.77. The fourth-order valence-corrected chi connectivity index (χ4v) is 2.68. The number of benzene rings is 2. The van der Waals surface area contributed by atoms with Gasteiger partial charge in [-0.1, -0.05) is 42.5 Å². The summed E-state index contributed by atoms with van der Waals surface area (Å²) in [5.41, 5.74) is 2.32. The van der Waals surface area contributed by atoms with Crippen LogP contribution in [0.15, 0.2) is 82.4 Å². The zero-order valence-electron chi connectivity index (χ0n) is 15.5. The molecule has 0 saturated carbocycles. The lowest BCUT2D eigenvalue weighted by Crippen LogP contribution is -2.37. The number of hydrogen-bond donors (Lipinski definition) is 2. The van der Waals surface area contributed by atoms with Crippen LogP contribution in [0.25, 0.3) is 0 Å². The second-order valence-corrected chi connectivity index (χ2v) is 6.10. The Bertz CT molecular complexity index is 830. The highest BCUT2D eigenvalue weighted by atomic mass is 16.5. The summed E-state index contributed by atoms with van der Waals surface area (Å²) in [7, 11) is 1.77. The van der Waals surface area contributed by atoms with E-state index in [2.05, 4.69) is 33.8 Å². The quantitative estimate of drug-likeness (QED) is 0.472. The minimum atomic E-state index is 0.550. The van der Waals surface area contributed by atoms with Crippen molar-refractivity contribution in [3.8, 4) is 5.75 Å². The van der Waals surface area contributed by atoms with Crippen molar-refractivity contribution in [3.63, 3.8) is 0 Å². The van der Waals surface area contributed by atoms with Crippen LogP contribution in [-0.2, 0) is 19.6 Å². The molecule has 0 spiro atoms. The molecule has 0 aliphatic carbocycles. The largest absolute Gasteiger partial charge is 0.489 e. The number of nitrogens with zero attached hydrogens (tertiary/aromatic N) is 1. The van der Waals surface area contributed by atoms with Crippen molar-refractivity contribution in [1.82, 2.24) is 10.6 Å². The number of ether oxygens (including phenoxy) is 1. The van der Waals surface area contributed by atoms with Crippen LogP contribution in [0.3, 0.4) is 0 Å². The summed E-state index contributed by atoms with van der Waals surface area (Å²) < 4.78 is 11.2. The summed E-state index contributed by atoms with van der Waals surface area (Å²) in [6, 6.07) is 22.1. The summed E-state index contributed by atoms with van der Waals surface area (Å²) in [6.45, 7) is 2.01. The van der Waals surface area contributed by atoms with Crippen molar-refractivity contribution >= 4 is 5.96 Å². The Hall–Kier alpha value is -3.21. The van der Waals surface area contributed by atoms with Crippen LogP contribution in [0.2, 0.25) is 0 Å². The number of para-hydroxylation sites is 1. The Balaban J connectivity index is 1.45. The molecule has 3 aromatic rings. The molecule has 140 valence electrons. The van der Waals surface area contributed by atoms with Gasteiger partial charge in [0.1, 0.15) is 18.1 Å². The van der Waals surface area contributed by atoms with Crippen molar-refractivity contribution < 1.29 is 9.15 Å². The van der Waals surface area contributed by atoms with E-state index < -0.39 is 0 Å². The van der Waals surface area contributed by atoms with Crippen LogP contribution in [-0.4, -0.2) is 19.6 Å². The minimum absolute atomic E-state index is 0.550. The van der Waals surface area contributed by atoms with Gasteiger partial charge in [-0.25, -0.2) is 0 Å². The molecule has 0 unspecified atom stereocenters. The van der Waals surface area contributed by atoms with Gasteiger partial charge in [0.15, 0.2) is 5.96 Å². The van der Waals surface area contributed by atoms with Crippen LogP contribution in [0, 0.1) is 0 Å². The highest BCUT2D eigenvalue weighted by Gasteiger charge is 2.02. The standard InChI is InChI=1S/C22H25N3O2/c1-23-22(24-13-12-21-11-6-14-26-21)25-16-18-7-5-8-19(15-18)17-27-20-9-3-2-4-10-20/h2-11,14-15H,12-13,16-17H2,1H3,(H2,23,24,25). The maximum Gasteiger partial charge on any atom is 0.191 e. The van der Waals surface area contributed by atoms with Gasteiger partial charge in [-0.3, -0.25) is 4.99 Å².